The summed E-state index contributed by atoms with van der Waals surface area (Å²) in [4.78, 5) is 11.0. The van der Waals surface area contributed by atoms with Crippen molar-refractivity contribution < 1.29 is 9.18 Å². The van der Waals surface area contributed by atoms with Gasteiger partial charge >= 0.3 is 0 Å². The fourth-order valence-electron chi connectivity index (χ4n) is 2.84. The summed E-state index contributed by atoms with van der Waals surface area (Å²) >= 11 is 0. The van der Waals surface area contributed by atoms with Gasteiger partial charge in [0.2, 0.25) is 5.91 Å². The van der Waals surface area contributed by atoms with Crippen LogP contribution in [0.15, 0.2) is 18.2 Å². The first-order valence-corrected chi connectivity index (χ1v) is 7.40. The molecule has 0 spiro atoms. The molecule has 0 atom stereocenters. The second-order valence-corrected chi connectivity index (χ2v) is 5.55. The number of halogens is 1. The molecule has 3 nitrogen and oxygen atoms in total. The molecule has 0 aliphatic heterocycles. The third kappa shape index (κ3) is 3.95. The van der Waals surface area contributed by atoms with Crippen LogP contribution in [0.3, 0.4) is 0 Å². The van der Waals surface area contributed by atoms with Crippen LogP contribution in [-0.2, 0) is 11.2 Å². The Morgan fingerprint density at radius 3 is 2.50 bits per heavy atom. The quantitative estimate of drug-likeness (QED) is 0.887. The van der Waals surface area contributed by atoms with Crippen LogP contribution in [0.5, 0.6) is 0 Å². The van der Waals surface area contributed by atoms with E-state index < -0.39 is 0 Å². The lowest BCUT2D eigenvalue weighted by atomic mass is 9.91. The van der Waals surface area contributed by atoms with Gasteiger partial charge in [0.15, 0.2) is 0 Å². The van der Waals surface area contributed by atoms with E-state index in [1.54, 1.807) is 13.0 Å². The first-order valence-electron chi connectivity index (χ1n) is 7.40. The Labute approximate surface area is 120 Å². The van der Waals surface area contributed by atoms with Crippen LogP contribution in [0.1, 0.15) is 45.1 Å². The SMILES string of the molecule is CCc1cc(NC2CCC(NC(C)=O)CC2)ccc1F. The summed E-state index contributed by atoms with van der Waals surface area (Å²) in [5, 5.41) is 6.45. The van der Waals surface area contributed by atoms with E-state index >= 15 is 0 Å². The van der Waals surface area contributed by atoms with Crippen molar-refractivity contribution in [2.45, 2.75) is 58.0 Å². The molecule has 0 bridgehead atoms. The molecule has 1 saturated carbocycles. The van der Waals surface area contributed by atoms with Crippen LogP contribution < -0.4 is 10.6 Å². The van der Waals surface area contributed by atoms with E-state index in [2.05, 4.69) is 10.6 Å². The summed E-state index contributed by atoms with van der Waals surface area (Å²) in [6.07, 6.45) is 4.77. The molecule has 1 aromatic carbocycles. The van der Waals surface area contributed by atoms with Gasteiger partial charge in [-0.1, -0.05) is 6.92 Å². The average molecular weight is 278 g/mol. The highest BCUT2D eigenvalue weighted by Gasteiger charge is 2.21. The Hall–Kier alpha value is -1.58. The van der Waals surface area contributed by atoms with Crippen molar-refractivity contribution >= 4 is 11.6 Å². The normalized spacial score (nSPS) is 22.4. The number of anilines is 1. The zero-order chi connectivity index (χ0) is 14.5. The van der Waals surface area contributed by atoms with Gasteiger partial charge in [-0.2, -0.15) is 0 Å². The molecular formula is C16H23FN2O. The Kier molecular flexibility index (Phi) is 4.99. The standard InChI is InChI=1S/C16H23FN2O/c1-3-12-10-15(8-9-16(12)17)19-14-6-4-13(5-7-14)18-11(2)20/h8-10,13-14,19H,3-7H2,1-2H3,(H,18,20). The second-order valence-electron chi connectivity index (χ2n) is 5.55. The Bertz CT molecular complexity index is 468. The number of hydrogen-bond acceptors (Lipinski definition) is 2. The van der Waals surface area contributed by atoms with Crippen LogP contribution >= 0.6 is 0 Å². The van der Waals surface area contributed by atoms with Gasteiger partial charge in [0.05, 0.1) is 0 Å². The average Bonchev–Trinajstić information content (AvgIpc) is 2.42. The molecule has 0 heterocycles. The van der Waals surface area contributed by atoms with Crippen LogP contribution in [0.25, 0.3) is 0 Å². The molecule has 0 saturated heterocycles. The third-order valence-electron chi connectivity index (χ3n) is 3.93. The molecule has 0 radical (unpaired) electrons. The van der Waals surface area contributed by atoms with Crippen molar-refractivity contribution in [2.24, 2.45) is 0 Å². The molecule has 1 amide bonds. The minimum Gasteiger partial charge on any atom is -0.382 e. The summed E-state index contributed by atoms with van der Waals surface area (Å²) in [6, 6.07) is 5.95. The van der Waals surface area contributed by atoms with Crippen LogP contribution in [0.2, 0.25) is 0 Å². The molecule has 1 aromatic rings. The molecule has 110 valence electrons. The molecule has 1 fully saturated rings. The monoisotopic (exact) mass is 278 g/mol. The predicted octanol–water partition coefficient (Wildman–Crippen LogP) is 3.25. The summed E-state index contributed by atoms with van der Waals surface area (Å²) in [5.74, 6) is -0.0834. The molecule has 20 heavy (non-hydrogen) atoms. The molecular weight excluding hydrogens is 255 g/mol. The number of carbonyl (C=O) groups excluding carboxylic acids is 1. The van der Waals surface area contributed by atoms with Gasteiger partial charge in [-0.15, -0.1) is 0 Å². The van der Waals surface area contributed by atoms with Crippen LogP contribution in [0, 0.1) is 5.82 Å². The maximum Gasteiger partial charge on any atom is 0.217 e. The number of hydrogen-bond donors (Lipinski definition) is 2. The van der Waals surface area contributed by atoms with Gasteiger partial charge in [-0.25, -0.2) is 4.39 Å². The molecule has 1 aliphatic rings. The molecule has 0 aromatic heterocycles. The van der Waals surface area contributed by atoms with Gasteiger partial charge in [0.25, 0.3) is 0 Å². The van der Waals surface area contributed by atoms with Gasteiger partial charge in [-0.3, -0.25) is 4.79 Å². The van der Waals surface area contributed by atoms with E-state index in [9.17, 15) is 9.18 Å². The van der Waals surface area contributed by atoms with Crippen molar-refractivity contribution in [3.63, 3.8) is 0 Å². The summed E-state index contributed by atoms with van der Waals surface area (Å²) in [6.45, 7) is 3.52. The van der Waals surface area contributed by atoms with E-state index in [4.69, 9.17) is 0 Å². The topological polar surface area (TPSA) is 41.1 Å². The number of aryl methyl sites for hydroxylation is 1. The van der Waals surface area contributed by atoms with E-state index in [0.29, 0.717) is 18.5 Å². The van der Waals surface area contributed by atoms with Crippen LogP contribution in [-0.4, -0.2) is 18.0 Å². The van der Waals surface area contributed by atoms with E-state index in [1.165, 1.54) is 6.07 Å². The zero-order valence-electron chi connectivity index (χ0n) is 12.2. The highest BCUT2D eigenvalue weighted by molar-refractivity contribution is 5.73. The van der Waals surface area contributed by atoms with Gasteiger partial charge < -0.3 is 10.6 Å². The van der Waals surface area contributed by atoms with Crippen molar-refractivity contribution in [3.8, 4) is 0 Å². The fraction of sp³-hybridized carbons (Fsp3) is 0.562. The van der Waals surface area contributed by atoms with E-state index in [-0.39, 0.29) is 11.7 Å². The zero-order valence-corrected chi connectivity index (χ0v) is 12.2. The highest BCUT2D eigenvalue weighted by atomic mass is 19.1. The first-order chi connectivity index (χ1) is 9.58. The number of benzene rings is 1. The number of rotatable bonds is 4. The predicted molar refractivity (Wildman–Crippen MR) is 79.3 cm³/mol. The minimum atomic E-state index is -0.132. The number of amides is 1. The second kappa shape index (κ2) is 6.73. The molecule has 0 unspecified atom stereocenters. The highest BCUT2D eigenvalue weighted by Crippen LogP contribution is 2.23. The number of nitrogens with one attached hydrogen (secondary N) is 2. The minimum absolute atomic E-state index is 0.0486. The maximum atomic E-state index is 13.5. The Balaban J connectivity index is 1.88. The van der Waals surface area contributed by atoms with Crippen molar-refractivity contribution in [3.05, 3.63) is 29.6 Å². The molecule has 1 aliphatic carbocycles. The summed E-state index contributed by atoms with van der Waals surface area (Å²) < 4.78 is 13.5. The van der Waals surface area contributed by atoms with Crippen LogP contribution in [0.4, 0.5) is 10.1 Å². The summed E-state index contributed by atoms with van der Waals surface area (Å²) in [7, 11) is 0. The molecule has 2 N–H and O–H groups in total. The van der Waals surface area contributed by atoms with E-state index in [0.717, 1.165) is 36.9 Å². The third-order valence-corrected chi connectivity index (χ3v) is 3.93. The summed E-state index contributed by atoms with van der Waals surface area (Å²) in [5.41, 5.74) is 1.74. The largest absolute Gasteiger partial charge is 0.382 e. The lowest BCUT2D eigenvalue weighted by Crippen LogP contribution is -2.39. The van der Waals surface area contributed by atoms with Gasteiger partial charge in [-0.05, 0) is 55.9 Å². The van der Waals surface area contributed by atoms with Crippen molar-refractivity contribution in [1.29, 1.82) is 0 Å². The maximum absolute atomic E-state index is 13.5. The lowest BCUT2D eigenvalue weighted by molar-refractivity contribution is -0.119. The van der Waals surface area contributed by atoms with E-state index in [1.807, 2.05) is 13.0 Å². The van der Waals surface area contributed by atoms with Gasteiger partial charge in [0, 0.05) is 24.7 Å². The molecule has 4 heteroatoms. The van der Waals surface area contributed by atoms with Crippen molar-refractivity contribution in [1.82, 2.24) is 5.32 Å². The van der Waals surface area contributed by atoms with Crippen molar-refractivity contribution in [2.75, 3.05) is 5.32 Å². The smallest absolute Gasteiger partial charge is 0.217 e. The Morgan fingerprint density at radius 1 is 1.25 bits per heavy atom. The Morgan fingerprint density at radius 2 is 1.90 bits per heavy atom. The first kappa shape index (κ1) is 14.8. The molecule has 2 rings (SSSR count). The fourth-order valence-corrected chi connectivity index (χ4v) is 2.84. The number of carbonyl (C=O) groups is 1. The van der Waals surface area contributed by atoms with Gasteiger partial charge in [0.1, 0.15) is 5.82 Å². The lowest BCUT2D eigenvalue weighted by Gasteiger charge is -2.30.